The topological polar surface area (TPSA) is 51.2 Å². The molecule has 0 aromatic carbocycles. The second kappa shape index (κ2) is 5.01. The van der Waals surface area contributed by atoms with Crippen LogP contribution in [-0.2, 0) is 4.74 Å². The van der Waals surface area contributed by atoms with Crippen LogP contribution in [0.15, 0.2) is 16.6 Å². The van der Waals surface area contributed by atoms with Crippen LogP contribution in [0.3, 0.4) is 0 Å². The molecule has 16 heavy (non-hydrogen) atoms. The molecule has 0 fully saturated rings. The number of aromatic nitrogens is 1. The maximum Gasteiger partial charge on any atom is 0.413 e. The number of anilines is 1. The van der Waals surface area contributed by atoms with Gasteiger partial charge >= 0.3 is 6.09 Å². The minimum Gasteiger partial charge on any atom is -0.444 e. The molecule has 4 nitrogen and oxygen atoms in total. The summed E-state index contributed by atoms with van der Waals surface area (Å²) in [4.78, 5) is 15.3. The first-order valence-corrected chi connectivity index (χ1v) is 5.76. The van der Waals surface area contributed by atoms with E-state index >= 15 is 0 Å². The summed E-state index contributed by atoms with van der Waals surface area (Å²) < 4.78 is 5.81. The Morgan fingerprint density at radius 2 is 2.12 bits per heavy atom. The molecule has 1 heterocycles. The van der Waals surface area contributed by atoms with Crippen molar-refractivity contribution in [3.8, 4) is 0 Å². The van der Waals surface area contributed by atoms with Gasteiger partial charge in [-0.1, -0.05) is 27.5 Å². The molecular formula is C10H12BrClN2O2. The Morgan fingerprint density at radius 1 is 1.50 bits per heavy atom. The highest BCUT2D eigenvalue weighted by Gasteiger charge is 2.16. The lowest BCUT2D eigenvalue weighted by atomic mass is 10.2. The molecule has 88 valence electrons. The number of hydrogen-bond acceptors (Lipinski definition) is 3. The molecule has 0 aliphatic rings. The number of nitrogens with one attached hydrogen (secondary N) is 1. The van der Waals surface area contributed by atoms with E-state index in [9.17, 15) is 4.79 Å². The average molecular weight is 308 g/mol. The minimum absolute atomic E-state index is 0.292. The number of carbonyl (C=O) groups is 1. The number of ether oxygens (including phenoxy) is 1. The van der Waals surface area contributed by atoms with Gasteiger partial charge in [-0.3, -0.25) is 5.32 Å². The fourth-order valence-electron chi connectivity index (χ4n) is 0.938. The average Bonchev–Trinajstić information content (AvgIpc) is 1.96. The van der Waals surface area contributed by atoms with Crippen LogP contribution < -0.4 is 5.32 Å². The van der Waals surface area contributed by atoms with Crippen LogP contribution in [0.25, 0.3) is 0 Å². The summed E-state index contributed by atoms with van der Waals surface area (Å²) in [6.07, 6.45) is -0.561. The summed E-state index contributed by atoms with van der Waals surface area (Å²) in [5.74, 6) is 0.341. The molecule has 0 saturated carbocycles. The highest BCUT2D eigenvalue weighted by atomic mass is 79.9. The number of amides is 1. The summed E-state index contributed by atoms with van der Waals surface area (Å²) >= 11 is 8.98. The van der Waals surface area contributed by atoms with Gasteiger partial charge in [-0.05, 0) is 32.9 Å². The lowest BCUT2D eigenvalue weighted by Gasteiger charge is -2.19. The van der Waals surface area contributed by atoms with Gasteiger partial charge in [0.25, 0.3) is 0 Å². The third kappa shape index (κ3) is 4.81. The Kier molecular flexibility index (Phi) is 4.15. The Morgan fingerprint density at radius 3 is 2.62 bits per heavy atom. The molecule has 1 amide bonds. The Labute approximate surface area is 107 Å². The molecule has 0 aliphatic heterocycles. The number of rotatable bonds is 1. The number of hydrogen-bond donors (Lipinski definition) is 1. The normalized spacial score (nSPS) is 11.1. The van der Waals surface area contributed by atoms with Crippen LogP contribution in [0.4, 0.5) is 10.6 Å². The van der Waals surface area contributed by atoms with E-state index in [1.165, 1.54) is 0 Å². The largest absolute Gasteiger partial charge is 0.444 e. The van der Waals surface area contributed by atoms with Crippen molar-refractivity contribution < 1.29 is 9.53 Å². The summed E-state index contributed by atoms with van der Waals surface area (Å²) in [5.41, 5.74) is -0.542. The Bertz CT molecular complexity index is 384. The first-order chi connectivity index (χ1) is 7.26. The number of carbonyl (C=O) groups excluding carboxylic acids is 1. The second-order valence-electron chi connectivity index (χ2n) is 4.12. The fraction of sp³-hybridized carbons (Fsp3) is 0.400. The zero-order valence-electron chi connectivity index (χ0n) is 9.17. The van der Waals surface area contributed by atoms with Crippen LogP contribution in [-0.4, -0.2) is 16.7 Å². The van der Waals surface area contributed by atoms with Crippen molar-refractivity contribution in [1.82, 2.24) is 4.98 Å². The van der Waals surface area contributed by atoms with Gasteiger partial charge < -0.3 is 4.74 Å². The molecule has 6 heteroatoms. The Balaban J connectivity index is 2.70. The summed E-state index contributed by atoms with van der Waals surface area (Å²) in [6.45, 7) is 5.36. The zero-order valence-corrected chi connectivity index (χ0v) is 11.5. The monoisotopic (exact) mass is 306 g/mol. The van der Waals surface area contributed by atoms with Crippen molar-refractivity contribution in [2.24, 2.45) is 0 Å². The van der Waals surface area contributed by atoms with Crippen LogP contribution in [0, 0.1) is 0 Å². The molecule has 0 spiro atoms. The van der Waals surface area contributed by atoms with E-state index in [4.69, 9.17) is 16.3 Å². The predicted molar refractivity (Wildman–Crippen MR) is 66.8 cm³/mol. The van der Waals surface area contributed by atoms with Crippen LogP contribution in [0.5, 0.6) is 0 Å². The molecule has 0 atom stereocenters. The molecule has 0 saturated heterocycles. The first-order valence-electron chi connectivity index (χ1n) is 4.59. The first kappa shape index (κ1) is 13.3. The van der Waals surface area contributed by atoms with Gasteiger partial charge in [-0.25, -0.2) is 9.78 Å². The standard InChI is InChI=1S/C10H12BrClN2O2/c1-10(2,3)16-9(15)14-8-5-6(11)4-7(12)13-8/h4-5H,1-3H3,(H,13,14,15). The lowest BCUT2D eigenvalue weighted by Crippen LogP contribution is -2.27. The van der Waals surface area contributed by atoms with E-state index in [1.54, 1.807) is 32.9 Å². The predicted octanol–water partition coefficient (Wildman–Crippen LogP) is 3.84. The molecule has 0 bridgehead atoms. The van der Waals surface area contributed by atoms with Gasteiger partial charge in [0.2, 0.25) is 0 Å². The quantitative estimate of drug-likeness (QED) is 0.802. The van der Waals surface area contributed by atoms with Crippen molar-refractivity contribution in [1.29, 1.82) is 0 Å². The van der Waals surface area contributed by atoms with Gasteiger partial charge in [-0.15, -0.1) is 0 Å². The van der Waals surface area contributed by atoms with E-state index in [-0.39, 0.29) is 0 Å². The molecule has 1 N–H and O–H groups in total. The molecule has 1 aromatic heterocycles. The maximum absolute atomic E-state index is 11.4. The van der Waals surface area contributed by atoms with Crippen molar-refractivity contribution in [3.05, 3.63) is 21.8 Å². The van der Waals surface area contributed by atoms with Crippen LogP contribution in [0.2, 0.25) is 5.15 Å². The SMILES string of the molecule is CC(C)(C)OC(=O)Nc1cc(Br)cc(Cl)n1. The van der Waals surface area contributed by atoms with E-state index in [2.05, 4.69) is 26.2 Å². The van der Waals surface area contributed by atoms with Gasteiger partial charge in [0, 0.05) is 4.47 Å². The molecule has 1 rings (SSSR count). The van der Waals surface area contributed by atoms with E-state index in [0.717, 1.165) is 4.47 Å². The van der Waals surface area contributed by atoms with Gasteiger partial charge in [0.1, 0.15) is 16.6 Å². The smallest absolute Gasteiger partial charge is 0.413 e. The number of nitrogens with zero attached hydrogens (tertiary/aromatic N) is 1. The number of pyridine rings is 1. The summed E-state index contributed by atoms with van der Waals surface area (Å²) in [7, 11) is 0. The summed E-state index contributed by atoms with van der Waals surface area (Å²) in [6, 6.07) is 3.26. The molecule has 0 radical (unpaired) electrons. The third-order valence-electron chi connectivity index (χ3n) is 1.39. The van der Waals surface area contributed by atoms with Crippen molar-refractivity contribution in [3.63, 3.8) is 0 Å². The summed E-state index contributed by atoms with van der Waals surface area (Å²) in [5, 5.41) is 2.79. The van der Waals surface area contributed by atoms with Gasteiger partial charge in [0.05, 0.1) is 0 Å². The molecular weight excluding hydrogens is 295 g/mol. The van der Waals surface area contributed by atoms with Crippen molar-refractivity contribution >= 4 is 39.4 Å². The van der Waals surface area contributed by atoms with Gasteiger partial charge in [-0.2, -0.15) is 0 Å². The lowest BCUT2D eigenvalue weighted by molar-refractivity contribution is 0.0635. The van der Waals surface area contributed by atoms with E-state index < -0.39 is 11.7 Å². The minimum atomic E-state index is -0.561. The van der Waals surface area contributed by atoms with E-state index in [1.807, 2.05) is 0 Å². The fourth-order valence-corrected chi connectivity index (χ4v) is 1.71. The van der Waals surface area contributed by atoms with E-state index in [0.29, 0.717) is 11.0 Å². The molecule has 0 unspecified atom stereocenters. The Hall–Kier alpha value is -0.810. The second-order valence-corrected chi connectivity index (χ2v) is 5.42. The van der Waals surface area contributed by atoms with Crippen LogP contribution in [0.1, 0.15) is 20.8 Å². The zero-order chi connectivity index (χ0) is 12.3. The highest BCUT2D eigenvalue weighted by Crippen LogP contribution is 2.19. The van der Waals surface area contributed by atoms with Crippen molar-refractivity contribution in [2.45, 2.75) is 26.4 Å². The third-order valence-corrected chi connectivity index (χ3v) is 2.04. The van der Waals surface area contributed by atoms with Crippen molar-refractivity contribution in [2.75, 3.05) is 5.32 Å². The number of halogens is 2. The van der Waals surface area contributed by atoms with Crippen LogP contribution >= 0.6 is 27.5 Å². The highest BCUT2D eigenvalue weighted by molar-refractivity contribution is 9.10. The maximum atomic E-state index is 11.4. The molecule has 0 aliphatic carbocycles. The molecule has 1 aromatic rings. The van der Waals surface area contributed by atoms with Gasteiger partial charge in [0.15, 0.2) is 0 Å².